The first kappa shape index (κ1) is 16.3. The molecule has 1 aromatic carbocycles. The fraction of sp³-hybridized carbons (Fsp3) is 0.471. The Morgan fingerprint density at radius 2 is 1.71 bits per heavy atom. The molecule has 0 radical (unpaired) electrons. The summed E-state index contributed by atoms with van der Waals surface area (Å²) in [6.07, 6.45) is 2.35. The summed E-state index contributed by atoms with van der Waals surface area (Å²) in [5, 5.41) is 14.8. The van der Waals surface area contributed by atoms with Crippen LogP contribution in [0.4, 0.5) is 16.2 Å². The lowest BCUT2D eigenvalue weighted by molar-refractivity contribution is -0.147. The summed E-state index contributed by atoms with van der Waals surface area (Å²) in [7, 11) is 0. The van der Waals surface area contributed by atoms with Gasteiger partial charge in [0.2, 0.25) is 5.91 Å². The third-order valence-corrected chi connectivity index (χ3v) is 4.63. The first-order valence-electron chi connectivity index (χ1n) is 8.08. The van der Waals surface area contributed by atoms with Crippen molar-refractivity contribution in [3.05, 3.63) is 24.3 Å². The number of benzene rings is 1. The maximum Gasteiger partial charge on any atom is 0.321 e. The standard InChI is InChI=1S/C17H21N3O4/c1-17(15(22)23)8-9-20(10-17)16(24)19-13-6-4-12(5-7-13)18-14(21)11-2-3-11/h4-7,11H,2-3,8-10H2,1H3,(H,18,21)(H,19,24)(H,22,23). The number of hydrogen-bond acceptors (Lipinski definition) is 3. The highest BCUT2D eigenvalue weighted by molar-refractivity contribution is 5.95. The summed E-state index contributed by atoms with van der Waals surface area (Å²) in [6, 6.07) is 6.59. The highest BCUT2D eigenvalue weighted by Gasteiger charge is 2.42. The molecule has 1 unspecified atom stereocenters. The summed E-state index contributed by atoms with van der Waals surface area (Å²) in [4.78, 5) is 36.7. The minimum absolute atomic E-state index is 0.0387. The van der Waals surface area contributed by atoms with Crippen LogP contribution in [0.3, 0.4) is 0 Å². The lowest BCUT2D eigenvalue weighted by Crippen LogP contribution is -2.37. The van der Waals surface area contributed by atoms with Crippen molar-refractivity contribution in [1.29, 1.82) is 0 Å². The summed E-state index contributed by atoms with van der Waals surface area (Å²) in [6.45, 7) is 2.27. The number of carboxylic acid groups (broad SMARTS) is 1. The first-order chi connectivity index (χ1) is 11.4. The van der Waals surface area contributed by atoms with Gasteiger partial charge in [-0.2, -0.15) is 0 Å². The van der Waals surface area contributed by atoms with Gasteiger partial charge in [-0.25, -0.2) is 4.79 Å². The second-order valence-electron chi connectivity index (χ2n) is 6.81. The molecule has 3 amide bonds. The smallest absolute Gasteiger partial charge is 0.321 e. The van der Waals surface area contributed by atoms with Crippen LogP contribution >= 0.6 is 0 Å². The van der Waals surface area contributed by atoms with Crippen LogP contribution in [0.25, 0.3) is 0 Å². The zero-order chi connectivity index (χ0) is 17.3. The van der Waals surface area contributed by atoms with Gasteiger partial charge in [0, 0.05) is 30.4 Å². The van der Waals surface area contributed by atoms with Crippen LogP contribution in [-0.4, -0.2) is 41.0 Å². The third-order valence-electron chi connectivity index (χ3n) is 4.63. The van der Waals surface area contributed by atoms with Gasteiger partial charge in [0.05, 0.1) is 5.41 Å². The maximum absolute atomic E-state index is 12.2. The van der Waals surface area contributed by atoms with Gasteiger partial charge in [-0.3, -0.25) is 9.59 Å². The third kappa shape index (κ3) is 3.50. The molecule has 128 valence electrons. The SMILES string of the molecule is CC1(C(=O)O)CCN(C(=O)Nc2ccc(NC(=O)C3CC3)cc2)C1. The Hall–Kier alpha value is -2.57. The lowest BCUT2D eigenvalue weighted by Gasteiger charge is -2.20. The van der Waals surface area contributed by atoms with Crippen LogP contribution in [-0.2, 0) is 9.59 Å². The van der Waals surface area contributed by atoms with Gasteiger partial charge in [0.25, 0.3) is 0 Å². The Bertz CT molecular complexity index is 669. The molecule has 0 spiro atoms. The minimum atomic E-state index is -0.881. The molecule has 2 aliphatic rings. The molecule has 1 aliphatic heterocycles. The van der Waals surface area contributed by atoms with E-state index in [9.17, 15) is 19.5 Å². The number of carboxylic acids is 1. The van der Waals surface area contributed by atoms with Crippen molar-refractivity contribution in [2.45, 2.75) is 26.2 Å². The van der Waals surface area contributed by atoms with Gasteiger partial charge >= 0.3 is 12.0 Å². The minimum Gasteiger partial charge on any atom is -0.481 e. The van der Waals surface area contributed by atoms with Gasteiger partial charge in [-0.1, -0.05) is 0 Å². The van der Waals surface area contributed by atoms with Crippen molar-refractivity contribution in [2.24, 2.45) is 11.3 Å². The van der Waals surface area contributed by atoms with Crippen molar-refractivity contribution in [2.75, 3.05) is 23.7 Å². The molecule has 2 fully saturated rings. The molecule has 0 bridgehead atoms. The van der Waals surface area contributed by atoms with Crippen molar-refractivity contribution < 1.29 is 19.5 Å². The molecule has 7 heteroatoms. The van der Waals surface area contributed by atoms with Crippen LogP contribution < -0.4 is 10.6 Å². The van der Waals surface area contributed by atoms with Crippen LogP contribution in [0.1, 0.15) is 26.2 Å². The number of anilines is 2. The second kappa shape index (κ2) is 6.14. The highest BCUT2D eigenvalue weighted by Crippen LogP contribution is 2.31. The number of urea groups is 1. The molecule has 1 atom stereocenters. The number of nitrogens with one attached hydrogen (secondary N) is 2. The molecule has 3 rings (SSSR count). The van der Waals surface area contributed by atoms with E-state index in [1.165, 1.54) is 4.90 Å². The van der Waals surface area contributed by atoms with Crippen LogP contribution in [0.5, 0.6) is 0 Å². The number of likely N-dealkylation sites (tertiary alicyclic amines) is 1. The van der Waals surface area contributed by atoms with Gasteiger partial charge in [0.15, 0.2) is 0 Å². The van der Waals surface area contributed by atoms with E-state index in [1.54, 1.807) is 31.2 Å². The fourth-order valence-electron chi connectivity index (χ4n) is 2.74. The molecule has 7 nitrogen and oxygen atoms in total. The molecule has 24 heavy (non-hydrogen) atoms. The van der Waals surface area contributed by atoms with Crippen molar-refractivity contribution in [3.8, 4) is 0 Å². The van der Waals surface area contributed by atoms with E-state index in [-0.39, 0.29) is 24.4 Å². The molecular weight excluding hydrogens is 310 g/mol. The van der Waals surface area contributed by atoms with Crippen molar-refractivity contribution in [1.82, 2.24) is 4.90 Å². The van der Waals surface area contributed by atoms with Crippen molar-refractivity contribution >= 4 is 29.3 Å². The number of rotatable bonds is 4. The molecule has 1 aromatic rings. The Labute approximate surface area is 140 Å². The fourth-order valence-corrected chi connectivity index (χ4v) is 2.74. The number of amides is 3. The van der Waals surface area contributed by atoms with Crippen LogP contribution in [0, 0.1) is 11.3 Å². The van der Waals surface area contributed by atoms with Gasteiger partial charge in [-0.05, 0) is 50.5 Å². The Kier molecular flexibility index (Phi) is 4.17. The zero-order valence-corrected chi connectivity index (χ0v) is 13.5. The molecule has 0 aromatic heterocycles. The predicted octanol–water partition coefficient (Wildman–Crippen LogP) is 2.36. The number of nitrogens with zero attached hydrogens (tertiary/aromatic N) is 1. The number of carbonyl (C=O) groups excluding carboxylic acids is 2. The van der Waals surface area contributed by atoms with Crippen molar-refractivity contribution in [3.63, 3.8) is 0 Å². The van der Waals surface area contributed by atoms with Crippen LogP contribution in [0.2, 0.25) is 0 Å². The average Bonchev–Trinajstić information content (AvgIpc) is 3.31. The highest BCUT2D eigenvalue weighted by atomic mass is 16.4. The quantitative estimate of drug-likeness (QED) is 0.789. The summed E-state index contributed by atoms with van der Waals surface area (Å²) < 4.78 is 0. The van der Waals surface area contributed by atoms with E-state index in [2.05, 4.69) is 10.6 Å². The topological polar surface area (TPSA) is 98.7 Å². The van der Waals surface area contributed by atoms with E-state index in [0.717, 1.165) is 12.8 Å². The Morgan fingerprint density at radius 1 is 1.12 bits per heavy atom. The second-order valence-corrected chi connectivity index (χ2v) is 6.81. The van der Waals surface area contributed by atoms with E-state index in [1.807, 2.05) is 0 Å². The molecule has 1 aliphatic carbocycles. The zero-order valence-electron chi connectivity index (χ0n) is 13.5. The molecule has 1 saturated carbocycles. The van der Waals surface area contributed by atoms with E-state index >= 15 is 0 Å². The van der Waals surface area contributed by atoms with Crippen LogP contribution in [0.15, 0.2) is 24.3 Å². The predicted molar refractivity (Wildman–Crippen MR) is 88.7 cm³/mol. The summed E-state index contributed by atoms with van der Waals surface area (Å²) in [5.74, 6) is -0.701. The molecule has 3 N–H and O–H groups in total. The molecule has 1 saturated heterocycles. The van der Waals surface area contributed by atoms with Gasteiger partial charge in [-0.15, -0.1) is 0 Å². The maximum atomic E-state index is 12.2. The normalized spacial score (nSPS) is 23.0. The molecular formula is C17H21N3O4. The Balaban J connectivity index is 1.55. The first-order valence-corrected chi connectivity index (χ1v) is 8.08. The largest absolute Gasteiger partial charge is 0.481 e. The number of aliphatic carboxylic acids is 1. The average molecular weight is 331 g/mol. The van der Waals surface area contributed by atoms with Gasteiger partial charge in [0.1, 0.15) is 0 Å². The Morgan fingerprint density at radius 3 is 2.21 bits per heavy atom. The molecule has 1 heterocycles. The number of hydrogen-bond donors (Lipinski definition) is 3. The van der Waals surface area contributed by atoms with E-state index in [4.69, 9.17) is 0 Å². The summed E-state index contributed by atoms with van der Waals surface area (Å²) in [5.41, 5.74) is 0.423. The van der Waals surface area contributed by atoms with E-state index < -0.39 is 11.4 Å². The number of carbonyl (C=O) groups is 3. The summed E-state index contributed by atoms with van der Waals surface area (Å²) >= 11 is 0. The van der Waals surface area contributed by atoms with E-state index in [0.29, 0.717) is 24.3 Å². The van der Waals surface area contributed by atoms with Gasteiger partial charge < -0.3 is 20.6 Å². The monoisotopic (exact) mass is 331 g/mol. The lowest BCUT2D eigenvalue weighted by atomic mass is 9.90.